The molecule has 71 valence electrons. The third kappa shape index (κ3) is 0.960. The second-order valence-electron chi connectivity index (χ2n) is 3.60. The van der Waals surface area contributed by atoms with Crippen molar-refractivity contribution in [2.45, 2.75) is 0 Å². The first-order valence-electron chi connectivity index (χ1n) is 4.78. The number of carbonyl (C=O) groups is 1. The highest BCUT2D eigenvalue weighted by molar-refractivity contribution is 6.12. The molecule has 0 saturated carbocycles. The Morgan fingerprint density at radius 3 is 2.27 bits per heavy atom. The number of nitrogens with one attached hydrogen (secondary N) is 1. The van der Waals surface area contributed by atoms with Crippen LogP contribution in [-0.2, 0) is 0 Å². The molecule has 0 heterocycles. The van der Waals surface area contributed by atoms with Crippen LogP contribution in [0, 0.1) is 0 Å². The van der Waals surface area contributed by atoms with E-state index in [0.717, 1.165) is 16.7 Å². The van der Waals surface area contributed by atoms with Crippen molar-refractivity contribution in [3.63, 3.8) is 0 Å². The molecule has 1 N–H and O–H groups in total. The average Bonchev–Trinajstić information content (AvgIpc) is 2.24. The van der Waals surface area contributed by atoms with Crippen LogP contribution in [-0.4, -0.2) is 5.91 Å². The van der Waals surface area contributed by atoms with Crippen LogP contribution in [0.2, 0.25) is 0 Å². The first kappa shape index (κ1) is 8.24. The maximum atomic E-state index is 11.1. The fraction of sp³-hybridized carbons (Fsp3) is 0. The average molecular weight is 194 g/mol. The fourth-order valence-electron chi connectivity index (χ4n) is 2.13. The van der Waals surface area contributed by atoms with E-state index in [1.54, 1.807) is 6.07 Å². The van der Waals surface area contributed by atoms with E-state index < -0.39 is 5.91 Å². The number of benzene rings is 2. The molecule has 2 aromatic rings. The van der Waals surface area contributed by atoms with Gasteiger partial charge in [-0.15, -0.1) is 0 Å². The lowest BCUT2D eigenvalue weighted by Gasteiger charge is -2.25. The topological polar surface area (TPSA) is 40.9 Å². The molecule has 0 saturated heterocycles. The Labute approximate surface area is 87.3 Å². The Hall–Kier alpha value is -2.09. The van der Waals surface area contributed by atoms with Gasteiger partial charge in [0.2, 0.25) is 0 Å². The Bertz CT molecular complexity index is 572. The van der Waals surface area contributed by atoms with Gasteiger partial charge in [0.1, 0.15) is 0 Å². The molecule has 0 unspecified atom stereocenters. The second-order valence-corrected chi connectivity index (χ2v) is 3.60. The molecule has 1 aliphatic rings. The van der Waals surface area contributed by atoms with Crippen LogP contribution >= 0.6 is 0 Å². The van der Waals surface area contributed by atoms with Crippen LogP contribution < -0.4 is 5.73 Å². The minimum absolute atomic E-state index is 0.506. The van der Waals surface area contributed by atoms with Gasteiger partial charge in [0, 0.05) is 11.1 Å². The largest absolute Gasteiger partial charge is 0.270 e. The van der Waals surface area contributed by atoms with Crippen LogP contribution in [0.3, 0.4) is 0 Å². The molecule has 0 aliphatic heterocycles. The highest BCUT2D eigenvalue weighted by atomic mass is 16.1. The molecule has 2 heteroatoms. The predicted octanol–water partition coefficient (Wildman–Crippen LogP) is 2.76. The molecule has 0 aromatic heterocycles. The summed E-state index contributed by atoms with van der Waals surface area (Å²) >= 11 is 0. The maximum absolute atomic E-state index is 11.1. The number of carbonyl (C=O) groups excluding carboxylic acids is 1. The minimum atomic E-state index is -0.610. The zero-order valence-corrected chi connectivity index (χ0v) is 7.95. The summed E-state index contributed by atoms with van der Waals surface area (Å²) in [5, 5.41) is 0. The van der Waals surface area contributed by atoms with Crippen molar-refractivity contribution >= 4 is 5.91 Å². The summed E-state index contributed by atoms with van der Waals surface area (Å²) in [6.45, 7) is 0. The summed E-state index contributed by atoms with van der Waals surface area (Å²) < 4.78 is 0. The fourth-order valence-corrected chi connectivity index (χ4v) is 2.13. The number of hydrogen-bond donors (Lipinski definition) is 0. The molecule has 2 aromatic carbocycles. The van der Waals surface area contributed by atoms with E-state index in [1.807, 2.05) is 36.4 Å². The van der Waals surface area contributed by atoms with Crippen molar-refractivity contribution in [3.8, 4) is 22.3 Å². The van der Waals surface area contributed by atoms with E-state index in [2.05, 4.69) is 0 Å². The highest BCUT2D eigenvalue weighted by Gasteiger charge is 2.25. The maximum Gasteiger partial charge on any atom is 0.270 e. The monoisotopic (exact) mass is 194 g/mol. The lowest BCUT2D eigenvalue weighted by atomic mass is 9.78. The van der Waals surface area contributed by atoms with Gasteiger partial charge in [-0.2, -0.15) is 0 Å². The lowest BCUT2D eigenvalue weighted by Crippen LogP contribution is -2.08. The Morgan fingerprint density at radius 1 is 0.867 bits per heavy atom. The predicted molar refractivity (Wildman–Crippen MR) is 58.3 cm³/mol. The molecule has 3 rings (SSSR count). The van der Waals surface area contributed by atoms with Crippen molar-refractivity contribution in [1.29, 1.82) is 0 Å². The van der Waals surface area contributed by atoms with Crippen LogP contribution in [0.15, 0.2) is 42.5 Å². The van der Waals surface area contributed by atoms with Gasteiger partial charge >= 0.3 is 0 Å². The summed E-state index contributed by atoms with van der Waals surface area (Å²) in [5.74, 6) is -0.610. The van der Waals surface area contributed by atoms with Gasteiger partial charge in [0.15, 0.2) is 0 Å². The van der Waals surface area contributed by atoms with Gasteiger partial charge in [-0.1, -0.05) is 36.4 Å². The zero-order chi connectivity index (χ0) is 10.4. The molecule has 1 amide bonds. The van der Waals surface area contributed by atoms with E-state index in [4.69, 9.17) is 5.73 Å². The number of amides is 1. The molecular formula is C13H8NO. The first-order chi connectivity index (χ1) is 7.29. The van der Waals surface area contributed by atoms with Crippen molar-refractivity contribution < 1.29 is 4.79 Å². The van der Waals surface area contributed by atoms with E-state index in [-0.39, 0.29) is 0 Å². The zero-order valence-electron chi connectivity index (χ0n) is 7.95. The minimum Gasteiger partial charge on any atom is -0.267 e. The Kier molecular flexibility index (Phi) is 1.48. The summed E-state index contributed by atoms with van der Waals surface area (Å²) in [5.41, 5.74) is 12.0. The normalized spacial score (nSPS) is 11.2. The lowest BCUT2D eigenvalue weighted by molar-refractivity contribution is 0.0992. The summed E-state index contributed by atoms with van der Waals surface area (Å²) in [6, 6.07) is 13.5. The summed E-state index contributed by atoms with van der Waals surface area (Å²) in [4.78, 5) is 11.1. The van der Waals surface area contributed by atoms with Gasteiger partial charge in [-0.05, 0) is 22.8 Å². The van der Waals surface area contributed by atoms with Gasteiger partial charge in [0.05, 0.1) is 0 Å². The number of fused-ring (bicyclic) bond motifs is 4. The Balaban J connectivity index is 2.30. The molecule has 0 bridgehead atoms. The van der Waals surface area contributed by atoms with E-state index >= 15 is 0 Å². The van der Waals surface area contributed by atoms with Crippen molar-refractivity contribution in [2.24, 2.45) is 0 Å². The third-order valence-corrected chi connectivity index (χ3v) is 2.80. The molecule has 0 spiro atoms. The standard InChI is InChI=1S/C13H8NO/c14-13(15)11-7-3-6-10-8-4-1-2-5-9(8)12(10)11/h1-7,14H. The SMILES string of the molecule is [NH]C(=O)c1cccc2c1-c1ccccc1-2. The number of hydrogen-bond acceptors (Lipinski definition) is 1. The molecule has 0 atom stereocenters. The van der Waals surface area contributed by atoms with Gasteiger partial charge in [0.25, 0.3) is 5.91 Å². The van der Waals surface area contributed by atoms with Crippen molar-refractivity contribution in [3.05, 3.63) is 48.0 Å². The van der Waals surface area contributed by atoms with E-state index in [0.29, 0.717) is 5.56 Å². The smallest absolute Gasteiger partial charge is 0.267 e. The van der Waals surface area contributed by atoms with Crippen molar-refractivity contribution in [1.82, 2.24) is 5.73 Å². The molecule has 0 fully saturated rings. The molecular weight excluding hydrogens is 186 g/mol. The quantitative estimate of drug-likeness (QED) is 0.587. The van der Waals surface area contributed by atoms with E-state index in [1.165, 1.54) is 5.56 Å². The molecule has 15 heavy (non-hydrogen) atoms. The summed E-state index contributed by atoms with van der Waals surface area (Å²) in [6.07, 6.45) is 0. The Morgan fingerprint density at radius 2 is 1.53 bits per heavy atom. The number of rotatable bonds is 1. The third-order valence-electron chi connectivity index (χ3n) is 2.80. The second kappa shape index (κ2) is 2.70. The van der Waals surface area contributed by atoms with E-state index in [9.17, 15) is 4.79 Å². The van der Waals surface area contributed by atoms with Gasteiger partial charge in [-0.25, -0.2) is 0 Å². The van der Waals surface area contributed by atoms with Crippen molar-refractivity contribution in [2.75, 3.05) is 0 Å². The highest BCUT2D eigenvalue weighted by Crippen LogP contribution is 2.48. The van der Waals surface area contributed by atoms with Crippen LogP contribution in [0.5, 0.6) is 0 Å². The summed E-state index contributed by atoms with van der Waals surface area (Å²) in [7, 11) is 0. The molecule has 1 radical (unpaired) electrons. The van der Waals surface area contributed by atoms with Crippen LogP contribution in [0.4, 0.5) is 0 Å². The van der Waals surface area contributed by atoms with Crippen LogP contribution in [0.1, 0.15) is 10.4 Å². The van der Waals surface area contributed by atoms with Crippen LogP contribution in [0.25, 0.3) is 22.3 Å². The molecule has 2 nitrogen and oxygen atoms in total. The molecule has 1 aliphatic carbocycles. The first-order valence-corrected chi connectivity index (χ1v) is 4.78. The van der Waals surface area contributed by atoms with Gasteiger partial charge < -0.3 is 0 Å². The van der Waals surface area contributed by atoms with Gasteiger partial charge in [-0.3, -0.25) is 10.5 Å².